The van der Waals surface area contributed by atoms with Crippen LogP contribution >= 0.6 is 0 Å². The lowest BCUT2D eigenvalue weighted by atomic mass is 10.1. The van der Waals surface area contributed by atoms with E-state index in [1.54, 1.807) is 4.90 Å². The van der Waals surface area contributed by atoms with Gasteiger partial charge < -0.3 is 9.64 Å². The molecule has 1 heterocycles. The first-order chi connectivity index (χ1) is 8.86. The standard InChI is InChI=1S/C13H17NO2.C2H6/c15-13(14-9-5-2-6-10-14)16-11-12-7-3-1-4-8-12;1-2/h1,3-4,7-8H,2,5-6,9-11H2;1-2H3. The lowest BCUT2D eigenvalue weighted by Crippen LogP contribution is -2.35. The molecule has 0 aromatic heterocycles. The molecule has 3 heteroatoms. The Labute approximate surface area is 110 Å². The van der Waals surface area contributed by atoms with Crippen LogP contribution in [0.3, 0.4) is 0 Å². The Morgan fingerprint density at radius 2 is 1.72 bits per heavy atom. The molecule has 0 aliphatic carbocycles. The monoisotopic (exact) mass is 249 g/mol. The topological polar surface area (TPSA) is 29.5 Å². The summed E-state index contributed by atoms with van der Waals surface area (Å²) in [5.41, 5.74) is 1.04. The summed E-state index contributed by atoms with van der Waals surface area (Å²) >= 11 is 0. The average molecular weight is 249 g/mol. The van der Waals surface area contributed by atoms with E-state index >= 15 is 0 Å². The molecule has 1 aromatic carbocycles. The van der Waals surface area contributed by atoms with Crippen LogP contribution in [0.2, 0.25) is 0 Å². The van der Waals surface area contributed by atoms with Crippen molar-refractivity contribution in [3.8, 4) is 0 Å². The van der Waals surface area contributed by atoms with E-state index in [0.717, 1.165) is 31.5 Å². The number of carbonyl (C=O) groups is 1. The van der Waals surface area contributed by atoms with Gasteiger partial charge in [-0.15, -0.1) is 0 Å². The summed E-state index contributed by atoms with van der Waals surface area (Å²) in [6.07, 6.45) is 3.24. The average Bonchev–Trinajstić information content (AvgIpc) is 2.49. The third-order valence-corrected chi connectivity index (χ3v) is 2.82. The van der Waals surface area contributed by atoms with Gasteiger partial charge in [0.25, 0.3) is 0 Å². The highest BCUT2D eigenvalue weighted by Gasteiger charge is 2.17. The van der Waals surface area contributed by atoms with Crippen molar-refractivity contribution in [3.63, 3.8) is 0 Å². The number of likely N-dealkylation sites (tertiary alicyclic amines) is 1. The molecule has 3 nitrogen and oxygen atoms in total. The number of benzene rings is 1. The number of ether oxygens (including phenoxy) is 1. The largest absolute Gasteiger partial charge is 0.445 e. The highest BCUT2D eigenvalue weighted by Crippen LogP contribution is 2.11. The Hall–Kier alpha value is -1.51. The molecule has 0 unspecified atom stereocenters. The summed E-state index contributed by atoms with van der Waals surface area (Å²) in [7, 11) is 0. The molecule has 100 valence electrons. The first-order valence-electron chi connectivity index (χ1n) is 6.82. The first kappa shape index (κ1) is 14.6. The summed E-state index contributed by atoms with van der Waals surface area (Å²) in [4.78, 5) is 13.5. The van der Waals surface area contributed by atoms with Crippen molar-refractivity contribution in [2.75, 3.05) is 13.1 Å². The van der Waals surface area contributed by atoms with Crippen molar-refractivity contribution >= 4 is 6.09 Å². The Morgan fingerprint density at radius 3 is 2.33 bits per heavy atom. The van der Waals surface area contributed by atoms with Crippen LogP contribution in [0.1, 0.15) is 38.7 Å². The SMILES string of the molecule is CC.O=C(OCc1ccccc1)N1CCCCC1. The highest BCUT2D eigenvalue weighted by molar-refractivity contribution is 5.67. The minimum atomic E-state index is -0.177. The predicted molar refractivity (Wildman–Crippen MR) is 73.4 cm³/mol. The van der Waals surface area contributed by atoms with Crippen molar-refractivity contribution in [2.24, 2.45) is 0 Å². The molecule has 18 heavy (non-hydrogen) atoms. The molecule has 0 atom stereocenters. The first-order valence-corrected chi connectivity index (χ1v) is 6.82. The molecule has 1 aliphatic heterocycles. The van der Waals surface area contributed by atoms with E-state index in [-0.39, 0.29) is 6.09 Å². The van der Waals surface area contributed by atoms with Gasteiger partial charge in [0.2, 0.25) is 0 Å². The highest BCUT2D eigenvalue weighted by atomic mass is 16.6. The fourth-order valence-corrected chi connectivity index (χ4v) is 1.89. The third kappa shape index (κ3) is 4.78. The fraction of sp³-hybridized carbons (Fsp3) is 0.533. The summed E-state index contributed by atoms with van der Waals surface area (Å²) in [6.45, 7) is 6.05. The van der Waals surface area contributed by atoms with E-state index in [4.69, 9.17) is 4.74 Å². The lowest BCUT2D eigenvalue weighted by Gasteiger charge is -2.25. The number of piperidine rings is 1. The summed E-state index contributed by atoms with van der Waals surface area (Å²) < 4.78 is 5.25. The lowest BCUT2D eigenvalue weighted by molar-refractivity contribution is 0.0894. The van der Waals surface area contributed by atoms with Crippen molar-refractivity contribution in [1.82, 2.24) is 4.90 Å². The molecule has 1 saturated heterocycles. The second-order valence-corrected chi connectivity index (χ2v) is 4.09. The molecular formula is C15H23NO2. The molecule has 1 aliphatic rings. The number of hydrogen-bond donors (Lipinski definition) is 0. The van der Waals surface area contributed by atoms with Gasteiger partial charge in [0.15, 0.2) is 0 Å². The maximum atomic E-state index is 11.7. The third-order valence-electron chi connectivity index (χ3n) is 2.82. The number of carbonyl (C=O) groups excluding carboxylic acids is 1. The molecule has 0 spiro atoms. The molecule has 1 amide bonds. The fourth-order valence-electron chi connectivity index (χ4n) is 1.89. The second kappa shape index (κ2) is 8.56. The van der Waals surface area contributed by atoms with Crippen molar-refractivity contribution in [2.45, 2.75) is 39.7 Å². The predicted octanol–water partition coefficient (Wildman–Crippen LogP) is 3.84. The van der Waals surface area contributed by atoms with E-state index in [9.17, 15) is 4.79 Å². The summed E-state index contributed by atoms with van der Waals surface area (Å²) in [5, 5.41) is 0. The zero-order valence-electron chi connectivity index (χ0n) is 11.4. The van der Waals surface area contributed by atoms with Crippen LogP contribution in [0, 0.1) is 0 Å². The van der Waals surface area contributed by atoms with Gasteiger partial charge in [0.05, 0.1) is 0 Å². The molecule has 0 N–H and O–H groups in total. The minimum absolute atomic E-state index is 0.177. The molecule has 0 bridgehead atoms. The van der Waals surface area contributed by atoms with Crippen LogP contribution in [-0.2, 0) is 11.3 Å². The molecule has 0 saturated carbocycles. The zero-order valence-corrected chi connectivity index (χ0v) is 11.4. The van der Waals surface area contributed by atoms with Gasteiger partial charge in [-0.25, -0.2) is 4.79 Å². The minimum Gasteiger partial charge on any atom is -0.445 e. The Morgan fingerprint density at radius 1 is 1.11 bits per heavy atom. The number of amides is 1. The summed E-state index contributed by atoms with van der Waals surface area (Å²) in [5.74, 6) is 0. The van der Waals surface area contributed by atoms with Crippen LogP contribution < -0.4 is 0 Å². The van der Waals surface area contributed by atoms with E-state index < -0.39 is 0 Å². The molecule has 1 aromatic rings. The van der Waals surface area contributed by atoms with Gasteiger partial charge >= 0.3 is 6.09 Å². The van der Waals surface area contributed by atoms with Gasteiger partial charge in [0, 0.05) is 13.1 Å². The number of hydrogen-bond acceptors (Lipinski definition) is 2. The van der Waals surface area contributed by atoms with E-state index in [2.05, 4.69) is 0 Å². The Bertz CT molecular complexity index is 332. The zero-order chi connectivity index (χ0) is 13.2. The Kier molecular flexibility index (Phi) is 6.92. The van der Waals surface area contributed by atoms with Crippen LogP contribution in [0.15, 0.2) is 30.3 Å². The van der Waals surface area contributed by atoms with Gasteiger partial charge in [-0.2, -0.15) is 0 Å². The summed E-state index contributed by atoms with van der Waals surface area (Å²) in [6, 6.07) is 9.77. The van der Waals surface area contributed by atoms with Crippen molar-refractivity contribution in [1.29, 1.82) is 0 Å². The van der Waals surface area contributed by atoms with Crippen molar-refractivity contribution in [3.05, 3.63) is 35.9 Å². The van der Waals surface area contributed by atoms with E-state index in [1.165, 1.54) is 6.42 Å². The van der Waals surface area contributed by atoms with E-state index in [1.807, 2.05) is 44.2 Å². The van der Waals surface area contributed by atoms with Crippen LogP contribution in [0.25, 0.3) is 0 Å². The normalized spacial score (nSPS) is 14.4. The van der Waals surface area contributed by atoms with E-state index in [0.29, 0.717) is 6.61 Å². The number of rotatable bonds is 2. The van der Waals surface area contributed by atoms with Gasteiger partial charge in [-0.05, 0) is 24.8 Å². The van der Waals surface area contributed by atoms with Gasteiger partial charge in [0.1, 0.15) is 6.61 Å². The Balaban J connectivity index is 0.000000771. The van der Waals surface area contributed by atoms with Gasteiger partial charge in [-0.3, -0.25) is 0 Å². The maximum Gasteiger partial charge on any atom is 0.410 e. The molecule has 0 radical (unpaired) electrons. The maximum absolute atomic E-state index is 11.7. The quantitative estimate of drug-likeness (QED) is 0.797. The van der Waals surface area contributed by atoms with Crippen LogP contribution in [0.5, 0.6) is 0 Å². The second-order valence-electron chi connectivity index (χ2n) is 4.09. The molecule has 1 fully saturated rings. The van der Waals surface area contributed by atoms with Gasteiger partial charge in [-0.1, -0.05) is 44.2 Å². The van der Waals surface area contributed by atoms with Crippen LogP contribution in [-0.4, -0.2) is 24.1 Å². The van der Waals surface area contributed by atoms with Crippen molar-refractivity contribution < 1.29 is 9.53 Å². The smallest absolute Gasteiger partial charge is 0.410 e. The van der Waals surface area contributed by atoms with Crippen LogP contribution in [0.4, 0.5) is 4.79 Å². The number of nitrogens with zero attached hydrogens (tertiary/aromatic N) is 1. The molecule has 2 rings (SSSR count). The molecular weight excluding hydrogens is 226 g/mol.